The number of hydrogen-bond acceptors (Lipinski definition) is 3. The predicted octanol–water partition coefficient (Wildman–Crippen LogP) is 3.45. The van der Waals surface area contributed by atoms with Crippen LogP contribution in [-0.2, 0) is 0 Å². The fourth-order valence-corrected chi connectivity index (χ4v) is 2.31. The van der Waals surface area contributed by atoms with Crippen LogP contribution < -0.4 is 0 Å². The van der Waals surface area contributed by atoms with Crippen molar-refractivity contribution in [2.24, 2.45) is 0 Å². The van der Waals surface area contributed by atoms with E-state index >= 15 is 0 Å². The molecule has 106 valence electrons. The van der Waals surface area contributed by atoms with Gasteiger partial charge in [0, 0.05) is 11.8 Å². The first kappa shape index (κ1) is 13.2. The number of aromatic carboxylic acids is 1. The Morgan fingerprint density at radius 2 is 1.95 bits per heavy atom. The van der Waals surface area contributed by atoms with Crippen molar-refractivity contribution in [2.45, 2.75) is 13.8 Å². The molecule has 0 atom stereocenters. The molecule has 0 amide bonds. The third-order valence-electron chi connectivity index (χ3n) is 3.26. The average Bonchev–Trinajstić information content (AvgIpc) is 3.03. The number of aryl methyl sites for hydroxylation is 2. The number of carbonyl (C=O) groups is 1. The summed E-state index contributed by atoms with van der Waals surface area (Å²) in [5.74, 6) is 0.381. The number of carboxylic acids is 1. The second-order valence-corrected chi connectivity index (χ2v) is 4.80. The van der Waals surface area contributed by atoms with Gasteiger partial charge in [0.25, 0.3) is 0 Å². The molecule has 2 aromatic heterocycles. The van der Waals surface area contributed by atoms with Crippen LogP contribution in [0.2, 0.25) is 0 Å². The molecule has 21 heavy (non-hydrogen) atoms. The van der Waals surface area contributed by atoms with Crippen molar-refractivity contribution in [1.82, 2.24) is 9.78 Å². The van der Waals surface area contributed by atoms with Gasteiger partial charge in [-0.25, -0.2) is 9.48 Å². The second kappa shape index (κ2) is 4.94. The van der Waals surface area contributed by atoms with E-state index in [4.69, 9.17) is 4.42 Å². The molecule has 0 unspecified atom stereocenters. The third-order valence-corrected chi connectivity index (χ3v) is 3.26. The fourth-order valence-electron chi connectivity index (χ4n) is 2.31. The van der Waals surface area contributed by atoms with E-state index < -0.39 is 5.97 Å². The average molecular weight is 282 g/mol. The molecule has 0 fully saturated rings. The zero-order valence-corrected chi connectivity index (χ0v) is 11.7. The lowest BCUT2D eigenvalue weighted by molar-refractivity contribution is 0.0697. The van der Waals surface area contributed by atoms with Gasteiger partial charge in [-0.2, -0.15) is 5.10 Å². The fraction of sp³-hybridized carbons (Fsp3) is 0.125. The van der Waals surface area contributed by atoms with Crippen molar-refractivity contribution >= 4 is 5.97 Å². The number of benzene rings is 1. The molecule has 0 aliphatic rings. The van der Waals surface area contributed by atoms with Crippen molar-refractivity contribution < 1.29 is 14.3 Å². The van der Waals surface area contributed by atoms with Crippen LogP contribution in [0.3, 0.4) is 0 Å². The Balaban J connectivity index is 2.18. The molecule has 0 saturated carbocycles. The zero-order chi connectivity index (χ0) is 15.0. The lowest BCUT2D eigenvalue weighted by Crippen LogP contribution is -1.96. The maximum atomic E-state index is 11.5. The molecule has 0 radical (unpaired) electrons. The quantitative estimate of drug-likeness (QED) is 0.799. The summed E-state index contributed by atoms with van der Waals surface area (Å²) in [6.07, 6.45) is 1.52. The van der Waals surface area contributed by atoms with E-state index in [1.165, 1.54) is 6.20 Å². The van der Waals surface area contributed by atoms with E-state index in [1.54, 1.807) is 17.7 Å². The first-order valence-corrected chi connectivity index (χ1v) is 6.52. The zero-order valence-electron chi connectivity index (χ0n) is 11.7. The van der Waals surface area contributed by atoms with E-state index in [2.05, 4.69) is 5.10 Å². The van der Waals surface area contributed by atoms with Crippen molar-refractivity contribution in [3.63, 3.8) is 0 Å². The van der Waals surface area contributed by atoms with E-state index in [9.17, 15) is 9.90 Å². The summed E-state index contributed by atoms with van der Waals surface area (Å²) in [6.45, 7) is 3.63. The molecule has 3 aromatic rings. The number of hydrogen-bond donors (Lipinski definition) is 1. The Morgan fingerprint density at radius 1 is 1.24 bits per heavy atom. The standard InChI is InChI=1S/C16H14N2O3/c1-10-8-13(11(2)21-10)15-14(16(19)20)9-18(17-15)12-6-4-3-5-7-12/h3-9H,1-2H3,(H,19,20). The number of furan rings is 1. The molecule has 1 N–H and O–H groups in total. The third kappa shape index (κ3) is 2.33. The van der Waals surface area contributed by atoms with Crippen molar-refractivity contribution in [3.05, 3.63) is 59.7 Å². The molecule has 0 aliphatic heterocycles. The minimum Gasteiger partial charge on any atom is -0.478 e. The molecule has 1 aromatic carbocycles. The van der Waals surface area contributed by atoms with Crippen LogP contribution in [0.15, 0.2) is 47.0 Å². The minimum absolute atomic E-state index is 0.155. The number of carboxylic acid groups (broad SMARTS) is 1. The summed E-state index contributed by atoms with van der Waals surface area (Å²) >= 11 is 0. The van der Waals surface area contributed by atoms with Crippen LogP contribution in [0.25, 0.3) is 16.9 Å². The summed E-state index contributed by atoms with van der Waals surface area (Å²) in [4.78, 5) is 11.5. The Kier molecular flexibility index (Phi) is 3.10. The van der Waals surface area contributed by atoms with Gasteiger partial charge in [-0.3, -0.25) is 0 Å². The molecule has 0 bridgehead atoms. The van der Waals surface area contributed by atoms with E-state index in [0.717, 1.165) is 11.4 Å². The summed E-state index contributed by atoms with van der Waals surface area (Å²) in [7, 11) is 0. The minimum atomic E-state index is -1.01. The molecule has 0 saturated heterocycles. The monoisotopic (exact) mass is 282 g/mol. The summed E-state index contributed by atoms with van der Waals surface area (Å²) in [6, 6.07) is 11.2. The Morgan fingerprint density at radius 3 is 2.52 bits per heavy atom. The molecular formula is C16H14N2O3. The van der Waals surface area contributed by atoms with Gasteiger partial charge >= 0.3 is 5.97 Å². The molecule has 5 heteroatoms. The summed E-state index contributed by atoms with van der Waals surface area (Å²) < 4.78 is 7.05. The molecule has 0 spiro atoms. The summed E-state index contributed by atoms with van der Waals surface area (Å²) in [5.41, 5.74) is 2.09. The van der Waals surface area contributed by atoms with Crippen molar-refractivity contribution in [1.29, 1.82) is 0 Å². The second-order valence-electron chi connectivity index (χ2n) is 4.80. The largest absolute Gasteiger partial charge is 0.478 e. The van der Waals surface area contributed by atoms with Gasteiger partial charge in [-0.15, -0.1) is 0 Å². The van der Waals surface area contributed by atoms with E-state index in [-0.39, 0.29) is 5.56 Å². The van der Waals surface area contributed by atoms with Gasteiger partial charge in [-0.05, 0) is 32.0 Å². The lowest BCUT2D eigenvalue weighted by atomic mass is 10.1. The maximum Gasteiger partial charge on any atom is 0.339 e. The van der Waals surface area contributed by atoms with Gasteiger partial charge < -0.3 is 9.52 Å². The first-order valence-electron chi connectivity index (χ1n) is 6.52. The number of aromatic nitrogens is 2. The molecule has 0 aliphatic carbocycles. The van der Waals surface area contributed by atoms with Crippen LogP contribution in [0.1, 0.15) is 21.9 Å². The first-order chi connectivity index (χ1) is 10.1. The number of rotatable bonds is 3. The highest BCUT2D eigenvalue weighted by molar-refractivity contribution is 5.95. The van der Waals surface area contributed by atoms with Gasteiger partial charge in [0.2, 0.25) is 0 Å². The SMILES string of the molecule is Cc1cc(-c2nn(-c3ccccc3)cc2C(=O)O)c(C)o1. The highest BCUT2D eigenvalue weighted by Crippen LogP contribution is 2.29. The molecular weight excluding hydrogens is 268 g/mol. The molecule has 2 heterocycles. The maximum absolute atomic E-state index is 11.5. The van der Waals surface area contributed by atoms with Crippen LogP contribution in [0, 0.1) is 13.8 Å². The van der Waals surface area contributed by atoms with Crippen LogP contribution >= 0.6 is 0 Å². The van der Waals surface area contributed by atoms with E-state index in [0.29, 0.717) is 17.0 Å². The normalized spacial score (nSPS) is 10.8. The van der Waals surface area contributed by atoms with Crippen LogP contribution in [-0.4, -0.2) is 20.9 Å². The summed E-state index contributed by atoms with van der Waals surface area (Å²) in [5, 5.41) is 13.8. The van der Waals surface area contributed by atoms with Gasteiger partial charge in [0.05, 0.1) is 5.69 Å². The Hall–Kier alpha value is -2.82. The van der Waals surface area contributed by atoms with E-state index in [1.807, 2.05) is 37.3 Å². The Bertz CT molecular complexity index is 800. The topological polar surface area (TPSA) is 68.3 Å². The van der Waals surface area contributed by atoms with Crippen LogP contribution in [0.4, 0.5) is 0 Å². The van der Waals surface area contributed by atoms with Crippen molar-refractivity contribution in [2.75, 3.05) is 0 Å². The highest BCUT2D eigenvalue weighted by Gasteiger charge is 2.21. The van der Waals surface area contributed by atoms with Crippen LogP contribution in [0.5, 0.6) is 0 Å². The van der Waals surface area contributed by atoms with Gasteiger partial charge in [-0.1, -0.05) is 18.2 Å². The molecule has 3 rings (SSSR count). The number of nitrogens with zero attached hydrogens (tertiary/aromatic N) is 2. The smallest absolute Gasteiger partial charge is 0.339 e. The van der Waals surface area contributed by atoms with Gasteiger partial charge in [0.1, 0.15) is 22.8 Å². The predicted molar refractivity (Wildman–Crippen MR) is 77.7 cm³/mol. The highest BCUT2D eigenvalue weighted by atomic mass is 16.4. The van der Waals surface area contributed by atoms with Gasteiger partial charge in [0.15, 0.2) is 0 Å². The molecule has 5 nitrogen and oxygen atoms in total. The number of para-hydroxylation sites is 1. The lowest BCUT2D eigenvalue weighted by Gasteiger charge is -1.99. The Labute approximate surface area is 121 Å². The van der Waals surface area contributed by atoms with Crippen molar-refractivity contribution in [3.8, 4) is 16.9 Å².